The summed E-state index contributed by atoms with van der Waals surface area (Å²) in [6, 6.07) is 4.62. The zero-order valence-electron chi connectivity index (χ0n) is 15.2. The monoisotopic (exact) mass is 389 g/mol. The van der Waals surface area contributed by atoms with Crippen molar-refractivity contribution >= 4 is 17.8 Å². The Balaban J connectivity index is 1.41. The molecule has 0 atom stereocenters. The van der Waals surface area contributed by atoms with E-state index in [1.807, 2.05) is 0 Å². The number of hydrogen-bond acceptors (Lipinski definition) is 5. The van der Waals surface area contributed by atoms with E-state index in [0.29, 0.717) is 51.0 Å². The summed E-state index contributed by atoms with van der Waals surface area (Å²) in [4.78, 5) is 34.2. The molecule has 1 aromatic heterocycles. The van der Waals surface area contributed by atoms with E-state index in [1.54, 1.807) is 18.5 Å². The summed E-state index contributed by atoms with van der Waals surface area (Å²) in [6.07, 6.45) is 4.24. The van der Waals surface area contributed by atoms with Gasteiger partial charge in [-0.05, 0) is 31.0 Å². The maximum absolute atomic E-state index is 13.8. The Hall–Kier alpha value is -3.10. The first kappa shape index (κ1) is 19.7. The number of aromatic nitrogens is 2. The van der Waals surface area contributed by atoms with Crippen molar-refractivity contribution in [3.05, 3.63) is 53.9 Å². The lowest BCUT2D eigenvalue weighted by Crippen LogP contribution is -2.44. The molecule has 2 aromatic rings. The zero-order valence-corrected chi connectivity index (χ0v) is 15.2. The predicted molar refractivity (Wildman–Crippen MR) is 98.5 cm³/mol. The highest BCUT2D eigenvalue weighted by Crippen LogP contribution is 2.20. The molecule has 1 aliphatic rings. The summed E-state index contributed by atoms with van der Waals surface area (Å²) in [5.41, 5.74) is -0.154. The number of piperidine rings is 1. The molecule has 0 bridgehead atoms. The number of benzene rings is 1. The van der Waals surface area contributed by atoms with E-state index in [1.165, 1.54) is 4.90 Å². The fraction of sp³-hybridized carbons (Fsp3) is 0.368. The van der Waals surface area contributed by atoms with Gasteiger partial charge < -0.3 is 15.5 Å². The lowest BCUT2D eigenvalue weighted by molar-refractivity contribution is -0.126. The second kappa shape index (κ2) is 9.20. The van der Waals surface area contributed by atoms with Crippen molar-refractivity contribution < 1.29 is 18.4 Å². The SMILES string of the molecule is O=C(NCCNc1ncccn1)C1CCN(C(=O)c2ccc(F)cc2F)CC1. The van der Waals surface area contributed by atoms with Gasteiger partial charge in [0.2, 0.25) is 11.9 Å². The third-order valence-electron chi connectivity index (χ3n) is 4.59. The summed E-state index contributed by atoms with van der Waals surface area (Å²) < 4.78 is 26.8. The summed E-state index contributed by atoms with van der Waals surface area (Å²) in [7, 11) is 0. The average molecular weight is 389 g/mol. The molecule has 2 N–H and O–H groups in total. The highest BCUT2D eigenvalue weighted by atomic mass is 19.1. The quantitative estimate of drug-likeness (QED) is 0.736. The van der Waals surface area contributed by atoms with Crippen molar-refractivity contribution in [3.8, 4) is 0 Å². The van der Waals surface area contributed by atoms with Gasteiger partial charge in [0.25, 0.3) is 5.91 Å². The number of carbonyl (C=O) groups is 2. The van der Waals surface area contributed by atoms with Gasteiger partial charge in [0, 0.05) is 50.6 Å². The molecule has 9 heteroatoms. The number of anilines is 1. The van der Waals surface area contributed by atoms with Gasteiger partial charge in [-0.2, -0.15) is 0 Å². The van der Waals surface area contributed by atoms with Gasteiger partial charge in [0.1, 0.15) is 11.6 Å². The number of likely N-dealkylation sites (tertiary alicyclic amines) is 1. The van der Waals surface area contributed by atoms with Gasteiger partial charge in [-0.15, -0.1) is 0 Å². The van der Waals surface area contributed by atoms with Gasteiger partial charge in [-0.1, -0.05) is 0 Å². The van der Waals surface area contributed by atoms with Crippen molar-refractivity contribution in [2.75, 3.05) is 31.5 Å². The van der Waals surface area contributed by atoms with Crippen molar-refractivity contribution in [1.29, 1.82) is 0 Å². The lowest BCUT2D eigenvalue weighted by Gasteiger charge is -2.31. The molecule has 0 spiro atoms. The largest absolute Gasteiger partial charge is 0.354 e. The van der Waals surface area contributed by atoms with Gasteiger partial charge >= 0.3 is 0 Å². The summed E-state index contributed by atoms with van der Waals surface area (Å²) in [5, 5.41) is 5.85. The Bertz CT molecular complexity index is 826. The molecular weight excluding hydrogens is 368 g/mol. The molecule has 1 aromatic carbocycles. The number of carbonyl (C=O) groups excluding carboxylic acids is 2. The Morgan fingerprint density at radius 3 is 2.50 bits per heavy atom. The molecule has 0 saturated carbocycles. The van der Waals surface area contributed by atoms with Crippen LogP contribution in [0, 0.1) is 17.6 Å². The van der Waals surface area contributed by atoms with Crippen LogP contribution in [0.15, 0.2) is 36.7 Å². The number of halogens is 2. The average Bonchev–Trinajstić information content (AvgIpc) is 2.71. The van der Waals surface area contributed by atoms with Gasteiger partial charge in [0.15, 0.2) is 0 Å². The molecule has 2 amide bonds. The summed E-state index contributed by atoms with van der Waals surface area (Å²) in [5.74, 6) is -1.86. The first-order valence-electron chi connectivity index (χ1n) is 9.07. The Labute approximate surface area is 161 Å². The van der Waals surface area contributed by atoms with Crippen LogP contribution in [0.25, 0.3) is 0 Å². The topological polar surface area (TPSA) is 87.2 Å². The van der Waals surface area contributed by atoms with E-state index in [-0.39, 0.29) is 17.4 Å². The van der Waals surface area contributed by atoms with Crippen LogP contribution in [-0.2, 0) is 4.79 Å². The molecule has 0 aliphatic carbocycles. The third kappa shape index (κ3) is 4.99. The second-order valence-electron chi connectivity index (χ2n) is 6.48. The molecular formula is C19H21F2N5O2. The maximum Gasteiger partial charge on any atom is 0.256 e. The minimum Gasteiger partial charge on any atom is -0.354 e. The highest BCUT2D eigenvalue weighted by Gasteiger charge is 2.28. The maximum atomic E-state index is 13.8. The number of hydrogen-bond donors (Lipinski definition) is 2. The fourth-order valence-corrected chi connectivity index (χ4v) is 3.07. The molecule has 1 aliphatic heterocycles. The van der Waals surface area contributed by atoms with E-state index < -0.39 is 17.5 Å². The Morgan fingerprint density at radius 1 is 1.11 bits per heavy atom. The molecule has 28 heavy (non-hydrogen) atoms. The highest BCUT2D eigenvalue weighted by molar-refractivity contribution is 5.94. The molecule has 0 radical (unpaired) electrons. The minimum atomic E-state index is -0.875. The van der Waals surface area contributed by atoms with Crippen LogP contribution in [-0.4, -0.2) is 52.9 Å². The van der Waals surface area contributed by atoms with Crippen LogP contribution in [0.2, 0.25) is 0 Å². The third-order valence-corrected chi connectivity index (χ3v) is 4.59. The molecule has 148 valence electrons. The van der Waals surface area contributed by atoms with E-state index in [4.69, 9.17) is 0 Å². The molecule has 2 heterocycles. The summed E-state index contributed by atoms with van der Waals surface area (Å²) >= 11 is 0. The van der Waals surface area contributed by atoms with E-state index in [0.717, 1.165) is 12.1 Å². The number of nitrogens with one attached hydrogen (secondary N) is 2. The van der Waals surface area contributed by atoms with Gasteiger partial charge in [-0.3, -0.25) is 9.59 Å². The van der Waals surface area contributed by atoms with Crippen LogP contribution in [0.1, 0.15) is 23.2 Å². The molecule has 7 nitrogen and oxygen atoms in total. The molecule has 0 unspecified atom stereocenters. The van der Waals surface area contributed by atoms with Crippen LogP contribution in [0.4, 0.5) is 14.7 Å². The van der Waals surface area contributed by atoms with Crippen molar-refractivity contribution in [3.63, 3.8) is 0 Å². The van der Waals surface area contributed by atoms with Crippen LogP contribution >= 0.6 is 0 Å². The number of rotatable bonds is 6. The minimum absolute atomic E-state index is 0.0733. The van der Waals surface area contributed by atoms with E-state index >= 15 is 0 Å². The Morgan fingerprint density at radius 2 is 1.82 bits per heavy atom. The number of amides is 2. The van der Waals surface area contributed by atoms with Crippen molar-refractivity contribution in [2.24, 2.45) is 5.92 Å². The lowest BCUT2D eigenvalue weighted by atomic mass is 9.95. The molecule has 1 fully saturated rings. The van der Waals surface area contributed by atoms with Crippen LogP contribution in [0.3, 0.4) is 0 Å². The fourth-order valence-electron chi connectivity index (χ4n) is 3.07. The summed E-state index contributed by atoms with van der Waals surface area (Å²) in [6.45, 7) is 1.63. The predicted octanol–water partition coefficient (Wildman–Crippen LogP) is 1.84. The van der Waals surface area contributed by atoms with Crippen molar-refractivity contribution in [1.82, 2.24) is 20.2 Å². The zero-order chi connectivity index (χ0) is 19.9. The number of nitrogens with zero attached hydrogens (tertiary/aromatic N) is 3. The first-order chi connectivity index (χ1) is 13.5. The van der Waals surface area contributed by atoms with Crippen molar-refractivity contribution in [2.45, 2.75) is 12.8 Å². The van der Waals surface area contributed by atoms with Crippen LogP contribution < -0.4 is 10.6 Å². The van der Waals surface area contributed by atoms with E-state index in [2.05, 4.69) is 20.6 Å². The smallest absolute Gasteiger partial charge is 0.256 e. The normalized spacial score (nSPS) is 14.6. The van der Waals surface area contributed by atoms with Gasteiger partial charge in [0.05, 0.1) is 5.56 Å². The molecule has 1 saturated heterocycles. The second-order valence-corrected chi connectivity index (χ2v) is 6.48. The Kier molecular flexibility index (Phi) is 6.46. The first-order valence-corrected chi connectivity index (χ1v) is 9.07. The molecule has 3 rings (SSSR count). The van der Waals surface area contributed by atoms with Gasteiger partial charge in [-0.25, -0.2) is 18.7 Å². The van der Waals surface area contributed by atoms with Crippen LogP contribution in [0.5, 0.6) is 0 Å². The standard InChI is InChI=1S/C19H21F2N5O2/c20-14-2-3-15(16(21)12-14)18(28)26-10-4-13(5-11-26)17(27)22-8-9-25-19-23-6-1-7-24-19/h1-3,6-7,12-13H,4-5,8-11H2,(H,22,27)(H,23,24,25). The van der Waals surface area contributed by atoms with E-state index in [9.17, 15) is 18.4 Å².